The Morgan fingerprint density at radius 3 is 2.85 bits per heavy atom. The first-order chi connectivity index (χ1) is 9.31. The number of aromatic nitrogens is 2. The zero-order chi connectivity index (χ0) is 15.0. The predicted octanol–water partition coefficient (Wildman–Crippen LogP) is 2.60. The third-order valence-corrected chi connectivity index (χ3v) is 4.37. The van der Waals surface area contributed by atoms with Gasteiger partial charge in [-0.1, -0.05) is 11.6 Å². The van der Waals surface area contributed by atoms with Crippen molar-refractivity contribution >= 4 is 44.3 Å². The Morgan fingerprint density at radius 1 is 1.60 bits per heavy atom. The Hall–Kier alpha value is -0.960. The molecule has 0 aliphatic carbocycles. The van der Waals surface area contributed by atoms with Crippen LogP contribution in [0.25, 0.3) is 11.3 Å². The number of nitrogens with zero attached hydrogens (tertiary/aromatic N) is 2. The van der Waals surface area contributed by atoms with E-state index in [4.69, 9.17) is 17.3 Å². The highest BCUT2D eigenvalue weighted by Gasteiger charge is 2.19. The summed E-state index contributed by atoms with van der Waals surface area (Å²) in [5.41, 5.74) is 6.71. The molecule has 2 aromatic rings. The van der Waals surface area contributed by atoms with Gasteiger partial charge in [0.25, 0.3) is 0 Å². The van der Waals surface area contributed by atoms with Gasteiger partial charge in [-0.3, -0.25) is 8.89 Å². The van der Waals surface area contributed by atoms with Crippen LogP contribution in [0.3, 0.4) is 0 Å². The molecule has 1 heterocycles. The average Bonchev–Trinajstić information content (AvgIpc) is 2.61. The van der Waals surface area contributed by atoms with Crippen LogP contribution < -0.4 is 5.73 Å². The number of hydrogen-bond donors (Lipinski definition) is 1. The molecule has 2 rings (SSSR count). The number of benzene rings is 1. The average molecular weight is 382 g/mol. The van der Waals surface area contributed by atoms with E-state index in [1.54, 1.807) is 7.05 Å². The maximum atomic E-state index is 14.0. The van der Waals surface area contributed by atoms with Crippen molar-refractivity contribution in [1.29, 1.82) is 0 Å². The maximum Gasteiger partial charge on any atom is 0.134 e. The molecule has 0 fully saturated rings. The van der Waals surface area contributed by atoms with Crippen LogP contribution in [0.4, 0.5) is 10.1 Å². The van der Waals surface area contributed by atoms with Crippen molar-refractivity contribution in [2.45, 2.75) is 5.75 Å². The SMILES string of the molecule is Cn1nc(-c2cc(N)c(Cl)cc2F)c(Br)c1CS(=O)[O-]. The van der Waals surface area contributed by atoms with Crippen LogP contribution in [0.1, 0.15) is 5.69 Å². The van der Waals surface area contributed by atoms with Crippen molar-refractivity contribution in [1.82, 2.24) is 9.78 Å². The second kappa shape index (κ2) is 5.80. The number of hydrogen-bond acceptors (Lipinski definition) is 4. The number of nitrogen functional groups attached to an aromatic ring is 1. The van der Waals surface area contributed by atoms with Gasteiger partial charge in [0.05, 0.1) is 26.6 Å². The van der Waals surface area contributed by atoms with Crippen LogP contribution in [-0.2, 0) is 23.9 Å². The van der Waals surface area contributed by atoms with Gasteiger partial charge >= 0.3 is 0 Å². The Labute approximate surface area is 130 Å². The largest absolute Gasteiger partial charge is 0.772 e. The summed E-state index contributed by atoms with van der Waals surface area (Å²) in [5.74, 6) is -0.813. The summed E-state index contributed by atoms with van der Waals surface area (Å²) in [5, 5.41) is 4.23. The molecular weight excluding hydrogens is 373 g/mol. The first kappa shape index (κ1) is 15.4. The summed E-state index contributed by atoms with van der Waals surface area (Å²) in [6.45, 7) is 0. The van der Waals surface area contributed by atoms with Crippen molar-refractivity contribution in [3.05, 3.63) is 33.1 Å². The van der Waals surface area contributed by atoms with Crippen LogP contribution in [0, 0.1) is 5.82 Å². The molecule has 108 valence electrons. The molecule has 1 aromatic carbocycles. The van der Waals surface area contributed by atoms with E-state index in [0.29, 0.717) is 10.2 Å². The van der Waals surface area contributed by atoms with Gasteiger partial charge in [0.15, 0.2) is 0 Å². The zero-order valence-corrected chi connectivity index (χ0v) is 13.4. The number of aryl methyl sites for hydroxylation is 1. The van der Waals surface area contributed by atoms with E-state index < -0.39 is 16.9 Å². The van der Waals surface area contributed by atoms with Crippen LogP contribution in [-0.4, -0.2) is 18.5 Å². The molecule has 0 spiro atoms. The number of rotatable bonds is 3. The van der Waals surface area contributed by atoms with Crippen molar-refractivity contribution in [3.8, 4) is 11.3 Å². The van der Waals surface area contributed by atoms with Gasteiger partial charge < -0.3 is 10.3 Å². The normalized spacial score (nSPS) is 12.7. The summed E-state index contributed by atoms with van der Waals surface area (Å²) in [7, 11) is 1.58. The monoisotopic (exact) mass is 380 g/mol. The molecule has 0 amide bonds. The van der Waals surface area contributed by atoms with Crippen LogP contribution >= 0.6 is 27.5 Å². The van der Waals surface area contributed by atoms with Crippen molar-refractivity contribution in [2.24, 2.45) is 7.05 Å². The lowest BCUT2D eigenvalue weighted by molar-refractivity contribution is 0.533. The maximum absolute atomic E-state index is 14.0. The fraction of sp³-hybridized carbons (Fsp3) is 0.182. The lowest BCUT2D eigenvalue weighted by atomic mass is 10.1. The van der Waals surface area contributed by atoms with Gasteiger partial charge in [-0.25, -0.2) is 4.39 Å². The van der Waals surface area contributed by atoms with Gasteiger partial charge in [-0.05, 0) is 39.1 Å². The molecule has 0 aliphatic rings. The summed E-state index contributed by atoms with van der Waals surface area (Å²) in [6.07, 6.45) is 0. The minimum Gasteiger partial charge on any atom is -0.772 e. The quantitative estimate of drug-likeness (QED) is 0.654. The molecular formula is C11H9BrClFN3O2S-. The van der Waals surface area contributed by atoms with E-state index in [1.807, 2.05) is 0 Å². The molecule has 0 saturated carbocycles. The minimum atomic E-state index is -2.27. The molecule has 0 saturated heterocycles. The number of nitrogens with two attached hydrogens (primary N) is 1. The van der Waals surface area contributed by atoms with E-state index in [-0.39, 0.29) is 27.7 Å². The summed E-state index contributed by atoms with van der Waals surface area (Å²) in [6, 6.07) is 2.46. The van der Waals surface area contributed by atoms with Crippen molar-refractivity contribution in [2.75, 3.05) is 5.73 Å². The number of halogens is 3. The Balaban J connectivity index is 2.60. The molecule has 5 nitrogen and oxygen atoms in total. The zero-order valence-electron chi connectivity index (χ0n) is 10.2. The molecule has 0 aliphatic heterocycles. The van der Waals surface area contributed by atoms with Gasteiger partial charge in [-0.2, -0.15) is 5.10 Å². The molecule has 0 bridgehead atoms. The predicted molar refractivity (Wildman–Crippen MR) is 78.3 cm³/mol. The fourth-order valence-corrected chi connectivity index (χ4v) is 3.30. The van der Waals surface area contributed by atoms with E-state index in [0.717, 1.165) is 6.07 Å². The molecule has 1 unspecified atom stereocenters. The Kier molecular flexibility index (Phi) is 4.48. The lowest BCUT2D eigenvalue weighted by Gasteiger charge is -2.06. The van der Waals surface area contributed by atoms with Crippen LogP contribution in [0.2, 0.25) is 5.02 Å². The van der Waals surface area contributed by atoms with Crippen molar-refractivity contribution < 1.29 is 13.2 Å². The first-order valence-corrected chi connectivity index (χ1v) is 7.75. The minimum absolute atomic E-state index is 0.110. The molecule has 2 N–H and O–H groups in total. The Bertz CT molecular complexity index is 707. The van der Waals surface area contributed by atoms with E-state index in [9.17, 15) is 13.2 Å². The lowest BCUT2D eigenvalue weighted by Crippen LogP contribution is -2.02. The molecule has 0 radical (unpaired) electrons. The highest BCUT2D eigenvalue weighted by atomic mass is 79.9. The summed E-state index contributed by atoms with van der Waals surface area (Å²) in [4.78, 5) is 0. The van der Waals surface area contributed by atoms with Gasteiger partial charge in [-0.15, -0.1) is 0 Å². The second-order valence-corrected chi connectivity index (χ2v) is 6.13. The summed E-state index contributed by atoms with van der Waals surface area (Å²) < 4.78 is 37.4. The van der Waals surface area contributed by atoms with Crippen molar-refractivity contribution in [3.63, 3.8) is 0 Å². The van der Waals surface area contributed by atoms with Gasteiger partial charge in [0, 0.05) is 12.6 Å². The highest BCUT2D eigenvalue weighted by Crippen LogP contribution is 2.35. The topological polar surface area (TPSA) is 84.0 Å². The third-order valence-electron chi connectivity index (χ3n) is 2.70. The van der Waals surface area contributed by atoms with Gasteiger partial charge in [0.2, 0.25) is 0 Å². The fourth-order valence-electron chi connectivity index (χ4n) is 1.72. The van der Waals surface area contributed by atoms with E-state index in [1.165, 1.54) is 10.7 Å². The first-order valence-electron chi connectivity index (χ1n) is 5.33. The Morgan fingerprint density at radius 2 is 2.25 bits per heavy atom. The molecule has 1 atom stereocenters. The highest BCUT2D eigenvalue weighted by molar-refractivity contribution is 9.10. The standard InChI is InChI=1S/C11H10BrClFN3O2S/c1-17-9(4-20(18)19)10(12)11(16-17)5-2-8(15)6(13)3-7(5)14/h2-3H,4,15H2,1H3,(H,18,19)/p-1. The third kappa shape index (κ3) is 2.88. The smallest absolute Gasteiger partial charge is 0.134 e. The molecule has 1 aromatic heterocycles. The van der Waals surface area contributed by atoms with Crippen LogP contribution in [0.5, 0.6) is 0 Å². The van der Waals surface area contributed by atoms with E-state index in [2.05, 4.69) is 21.0 Å². The summed E-state index contributed by atoms with van der Waals surface area (Å²) >= 11 is 6.71. The molecule has 20 heavy (non-hydrogen) atoms. The molecule has 9 heteroatoms. The number of anilines is 1. The second-order valence-electron chi connectivity index (χ2n) is 4.03. The van der Waals surface area contributed by atoms with Gasteiger partial charge in [0.1, 0.15) is 11.5 Å². The van der Waals surface area contributed by atoms with Crippen LogP contribution in [0.15, 0.2) is 16.6 Å². The van der Waals surface area contributed by atoms with E-state index >= 15 is 0 Å².